The summed E-state index contributed by atoms with van der Waals surface area (Å²) in [4.78, 5) is 8.16. The number of sulfonamides is 1. The molecule has 0 atom stereocenters. The number of hydrogen-bond donors (Lipinski definition) is 1. The molecule has 0 spiro atoms. The summed E-state index contributed by atoms with van der Waals surface area (Å²) in [6.07, 6.45) is 6.42. The van der Waals surface area contributed by atoms with E-state index in [0.717, 1.165) is 42.5 Å². The van der Waals surface area contributed by atoms with Crippen molar-refractivity contribution in [3.63, 3.8) is 0 Å². The third-order valence-electron chi connectivity index (χ3n) is 6.30. The first-order chi connectivity index (χ1) is 14.1. The Labute approximate surface area is 171 Å². The number of aromatic nitrogens is 2. The first kappa shape index (κ1) is 18.6. The molecule has 2 aliphatic heterocycles. The summed E-state index contributed by atoms with van der Waals surface area (Å²) in [5.74, 6) is 1.69. The minimum absolute atomic E-state index is 0.356. The third kappa shape index (κ3) is 3.63. The van der Waals surface area contributed by atoms with Gasteiger partial charge < -0.3 is 4.98 Å². The number of benzene rings is 2. The van der Waals surface area contributed by atoms with Crippen LogP contribution in [-0.2, 0) is 10.0 Å². The first-order valence-electron chi connectivity index (χ1n) is 10.3. The molecule has 5 nitrogen and oxygen atoms in total. The summed E-state index contributed by atoms with van der Waals surface area (Å²) in [7, 11) is -3.50. The minimum atomic E-state index is -3.50. The van der Waals surface area contributed by atoms with Crippen molar-refractivity contribution in [1.29, 1.82) is 0 Å². The molecule has 1 N–H and O–H groups in total. The maximum Gasteiger partial charge on any atom is 0.243 e. The van der Waals surface area contributed by atoms with Crippen molar-refractivity contribution in [2.75, 3.05) is 13.1 Å². The van der Waals surface area contributed by atoms with E-state index >= 15 is 0 Å². The lowest BCUT2D eigenvalue weighted by Gasteiger charge is -2.22. The zero-order chi connectivity index (χ0) is 19.8. The average Bonchev–Trinajstić information content (AvgIpc) is 3.05. The van der Waals surface area contributed by atoms with Gasteiger partial charge in [0.25, 0.3) is 0 Å². The molecule has 3 aliphatic rings. The van der Waals surface area contributed by atoms with Crippen LogP contribution >= 0.6 is 0 Å². The number of imidazole rings is 1. The van der Waals surface area contributed by atoms with Crippen LogP contribution in [0, 0.1) is 11.8 Å². The number of rotatable bonds is 4. The van der Waals surface area contributed by atoms with Gasteiger partial charge in [-0.25, -0.2) is 13.4 Å². The van der Waals surface area contributed by atoms with Crippen molar-refractivity contribution in [2.45, 2.75) is 30.6 Å². The molecule has 6 heteroatoms. The van der Waals surface area contributed by atoms with Crippen LogP contribution in [0.25, 0.3) is 22.6 Å². The van der Waals surface area contributed by atoms with E-state index in [2.05, 4.69) is 9.97 Å². The number of hydrogen-bond acceptors (Lipinski definition) is 3. The lowest BCUT2D eigenvalue weighted by Crippen LogP contribution is -2.34. The van der Waals surface area contributed by atoms with Crippen LogP contribution in [-0.4, -0.2) is 35.8 Å². The van der Waals surface area contributed by atoms with Crippen molar-refractivity contribution in [2.24, 2.45) is 11.8 Å². The van der Waals surface area contributed by atoms with Gasteiger partial charge in [0.1, 0.15) is 5.82 Å². The molecule has 0 radical (unpaired) electrons. The van der Waals surface area contributed by atoms with Crippen LogP contribution in [0.3, 0.4) is 0 Å². The molecule has 1 aliphatic carbocycles. The Morgan fingerprint density at radius 3 is 2.21 bits per heavy atom. The second kappa shape index (κ2) is 7.43. The van der Waals surface area contributed by atoms with Crippen LogP contribution in [0.4, 0.5) is 0 Å². The summed E-state index contributed by atoms with van der Waals surface area (Å²) in [5, 5.41) is 0. The highest BCUT2D eigenvalue weighted by Crippen LogP contribution is 2.36. The predicted molar refractivity (Wildman–Crippen MR) is 114 cm³/mol. The Balaban J connectivity index is 1.45. The average molecular weight is 408 g/mol. The molecule has 1 aromatic heterocycles. The smallest absolute Gasteiger partial charge is 0.243 e. The van der Waals surface area contributed by atoms with Crippen molar-refractivity contribution in [3.05, 3.63) is 60.8 Å². The molecule has 150 valence electrons. The van der Waals surface area contributed by atoms with E-state index in [1.807, 2.05) is 36.4 Å². The molecule has 0 unspecified atom stereocenters. The molecule has 2 bridgehead atoms. The zero-order valence-electron chi connectivity index (χ0n) is 16.3. The third-order valence-corrected chi connectivity index (χ3v) is 8.12. The second-order valence-corrected chi connectivity index (χ2v) is 10.2. The molecule has 3 heterocycles. The van der Waals surface area contributed by atoms with E-state index in [1.54, 1.807) is 28.7 Å². The Kier molecular flexibility index (Phi) is 4.76. The summed E-state index contributed by atoms with van der Waals surface area (Å²) < 4.78 is 28.5. The van der Waals surface area contributed by atoms with Crippen LogP contribution in [0.2, 0.25) is 0 Å². The van der Waals surface area contributed by atoms with Crippen LogP contribution in [0.5, 0.6) is 0 Å². The molecule has 3 aromatic rings. The number of aromatic amines is 1. The lowest BCUT2D eigenvalue weighted by molar-refractivity contribution is 0.326. The van der Waals surface area contributed by atoms with E-state index in [-0.39, 0.29) is 0 Å². The molecule has 2 saturated heterocycles. The quantitative estimate of drug-likeness (QED) is 0.690. The van der Waals surface area contributed by atoms with Gasteiger partial charge in [-0.1, -0.05) is 42.5 Å². The van der Waals surface area contributed by atoms with Gasteiger partial charge in [0.15, 0.2) is 0 Å². The fraction of sp³-hybridized carbons (Fsp3) is 0.348. The molecule has 3 fully saturated rings. The SMILES string of the molecule is O=S(=O)(c1cccc(-c2ncc(-c3ccccc3)[nH]2)c1)N1CC2CCC(CC2)C1. The standard InChI is InChI=1S/C23H25N3O2S/c27-29(28,26-15-17-9-10-18(16-26)12-11-17)21-8-4-7-20(13-21)23-24-14-22(25-23)19-5-2-1-3-6-19/h1-8,13-14,17-18H,9-12,15-16H2,(H,24,25). The first-order valence-corrected chi connectivity index (χ1v) is 11.7. The monoisotopic (exact) mass is 407 g/mol. The second-order valence-electron chi connectivity index (χ2n) is 8.25. The number of nitrogens with zero attached hydrogens (tertiary/aromatic N) is 2. The van der Waals surface area contributed by atoms with Gasteiger partial charge in [-0.05, 0) is 55.2 Å². The highest BCUT2D eigenvalue weighted by Gasteiger charge is 2.35. The van der Waals surface area contributed by atoms with Crippen molar-refractivity contribution in [3.8, 4) is 22.6 Å². The number of nitrogens with one attached hydrogen (secondary N) is 1. The summed E-state index contributed by atoms with van der Waals surface area (Å²) in [6.45, 7) is 1.31. The summed E-state index contributed by atoms with van der Waals surface area (Å²) >= 11 is 0. The normalized spacial score (nSPS) is 22.5. The van der Waals surface area contributed by atoms with Crippen LogP contribution < -0.4 is 0 Å². The Hall–Kier alpha value is -2.44. The molecule has 6 rings (SSSR count). The Bertz CT molecular complexity index is 1090. The van der Waals surface area contributed by atoms with E-state index in [1.165, 1.54) is 0 Å². The number of H-pyrrole nitrogens is 1. The Morgan fingerprint density at radius 1 is 0.862 bits per heavy atom. The summed E-state index contributed by atoms with van der Waals surface area (Å²) in [6, 6.07) is 17.1. The highest BCUT2D eigenvalue weighted by molar-refractivity contribution is 7.89. The predicted octanol–water partition coefficient (Wildman–Crippen LogP) is 4.55. The van der Waals surface area contributed by atoms with Gasteiger partial charge in [0, 0.05) is 18.7 Å². The molecule has 2 aromatic carbocycles. The van der Waals surface area contributed by atoms with E-state index in [4.69, 9.17) is 0 Å². The number of fused-ring (bicyclic) bond motifs is 4. The van der Waals surface area contributed by atoms with Crippen LogP contribution in [0.15, 0.2) is 65.7 Å². The topological polar surface area (TPSA) is 66.1 Å². The molecular weight excluding hydrogens is 382 g/mol. The maximum atomic E-state index is 13.4. The van der Waals surface area contributed by atoms with Gasteiger partial charge in [0.2, 0.25) is 10.0 Å². The van der Waals surface area contributed by atoms with Crippen LogP contribution in [0.1, 0.15) is 25.7 Å². The molecule has 29 heavy (non-hydrogen) atoms. The van der Waals surface area contributed by atoms with Crippen molar-refractivity contribution in [1.82, 2.24) is 14.3 Å². The van der Waals surface area contributed by atoms with Gasteiger partial charge in [-0.15, -0.1) is 0 Å². The lowest BCUT2D eigenvalue weighted by atomic mass is 9.84. The molecule has 0 amide bonds. The summed E-state index contributed by atoms with van der Waals surface area (Å²) in [5.41, 5.74) is 2.75. The zero-order valence-corrected chi connectivity index (χ0v) is 17.1. The molecule has 1 saturated carbocycles. The fourth-order valence-electron chi connectivity index (χ4n) is 4.63. The van der Waals surface area contributed by atoms with Crippen molar-refractivity contribution >= 4 is 10.0 Å². The van der Waals surface area contributed by atoms with Gasteiger partial charge in [0.05, 0.1) is 16.8 Å². The maximum absolute atomic E-state index is 13.4. The molecular formula is C23H25N3O2S. The Morgan fingerprint density at radius 2 is 1.52 bits per heavy atom. The van der Waals surface area contributed by atoms with Crippen molar-refractivity contribution < 1.29 is 8.42 Å². The van der Waals surface area contributed by atoms with Gasteiger partial charge in [-0.3, -0.25) is 0 Å². The van der Waals surface area contributed by atoms with E-state index in [0.29, 0.717) is 35.6 Å². The van der Waals surface area contributed by atoms with E-state index in [9.17, 15) is 8.42 Å². The minimum Gasteiger partial charge on any atom is -0.338 e. The van der Waals surface area contributed by atoms with Gasteiger partial charge >= 0.3 is 0 Å². The largest absolute Gasteiger partial charge is 0.338 e. The van der Waals surface area contributed by atoms with Gasteiger partial charge in [-0.2, -0.15) is 4.31 Å². The highest BCUT2D eigenvalue weighted by atomic mass is 32.2. The fourth-order valence-corrected chi connectivity index (χ4v) is 6.27. The van der Waals surface area contributed by atoms with E-state index < -0.39 is 10.0 Å².